The molecule has 2 heterocycles. The lowest BCUT2D eigenvalue weighted by molar-refractivity contribution is 0.0954. The van der Waals surface area contributed by atoms with Gasteiger partial charge in [-0.2, -0.15) is 0 Å². The topological polar surface area (TPSA) is 69.6 Å². The van der Waals surface area contributed by atoms with Crippen molar-refractivity contribution in [1.82, 2.24) is 20.5 Å². The van der Waals surface area contributed by atoms with Gasteiger partial charge in [-0.15, -0.1) is 0 Å². The minimum Gasteiger partial charge on any atom is -0.354 e. The summed E-state index contributed by atoms with van der Waals surface area (Å²) >= 11 is 0. The van der Waals surface area contributed by atoms with Crippen molar-refractivity contribution in [3.63, 3.8) is 0 Å². The number of hydrogen-bond donors (Lipinski definition) is 2. The summed E-state index contributed by atoms with van der Waals surface area (Å²) in [6.07, 6.45) is 4.39. The molecular weight excluding hydrogens is 278 g/mol. The third-order valence-corrected chi connectivity index (χ3v) is 3.81. The van der Waals surface area contributed by atoms with Crippen LogP contribution in [0.25, 0.3) is 0 Å². The average molecular weight is 303 g/mol. The molecule has 1 amide bonds. The summed E-state index contributed by atoms with van der Waals surface area (Å²) in [5, 5.41) is 6.17. The highest BCUT2D eigenvalue weighted by molar-refractivity contribution is 5.93. The van der Waals surface area contributed by atoms with Crippen LogP contribution in [0.3, 0.4) is 0 Å². The van der Waals surface area contributed by atoms with Crippen LogP contribution in [0.1, 0.15) is 30.6 Å². The molecule has 0 saturated carbocycles. The van der Waals surface area contributed by atoms with Gasteiger partial charge in [0.05, 0.1) is 5.56 Å². The van der Waals surface area contributed by atoms with Gasteiger partial charge in [0.25, 0.3) is 5.91 Å². The predicted molar refractivity (Wildman–Crippen MR) is 87.9 cm³/mol. The minimum atomic E-state index is -0.104. The van der Waals surface area contributed by atoms with E-state index in [1.807, 2.05) is 0 Å². The van der Waals surface area contributed by atoms with Gasteiger partial charge < -0.3 is 15.5 Å². The van der Waals surface area contributed by atoms with Gasteiger partial charge in [0, 0.05) is 45.6 Å². The lowest BCUT2D eigenvalue weighted by atomic mass is 9.93. The van der Waals surface area contributed by atoms with Crippen molar-refractivity contribution in [2.45, 2.75) is 20.3 Å². The van der Waals surface area contributed by atoms with Crippen LogP contribution in [-0.2, 0) is 0 Å². The zero-order chi connectivity index (χ0) is 16.0. The average Bonchev–Trinajstić information content (AvgIpc) is 2.88. The number of rotatable bonds is 4. The van der Waals surface area contributed by atoms with E-state index < -0.39 is 0 Å². The molecule has 1 saturated heterocycles. The highest BCUT2D eigenvalue weighted by Crippen LogP contribution is 2.28. The van der Waals surface area contributed by atoms with Gasteiger partial charge in [0.1, 0.15) is 0 Å². The standard InChI is InChI=1S/C16H25N5O/c1-16(2)6-10-21(12-16)15(17-3)20-9-8-19-14(22)13-5-4-7-18-11-13/h4-5,7,11H,6,8-10,12H2,1-3H3,(H,17,20)(H,19,22). The Labute approximate surface area is 132 Å². The highest BCUT2D eigenvalue weighted by Gasteiger charge is 2.30. The van der Waals surface area contributed by atoms with Gasteiger partial charge in [-0.25, -0.2) is 0 Å². The monoisotopic (exact) mass is 303 g/mol. The Hall–Kier alpha value is -2.11. The van der Waals surface area contributed by atoms with Crippen LogP contribution >= 0.6 is 0 Å². The first-order chi connectivity index (χ1) is 10.5. The van der Waals surface area contributed by atoms with E-state index in [2.05, 4.69) is 39.4 Å². The number of hydrogen-bond acceptors (Lipinski definition) is 3. The number of nitrogens with zero attached hydrogens (tertiary/aromatic N) is 3. The number of carbonyl (C=O) groups is 1. The van der Waals surface area contributed by atoms with Crippen molar-refractivity contribution in [1.29, 1.82) is 0 Å². The zero-order valence-corrected chi connectivity index (χ0v) is 13.6. The molecule has 1 aliphatic rings. The second-order valence-electron chi connectivity index (χ2n) is 6.31. The fourth-order valence-corrected chi connectivity index (χ4v) is 2.57. The summed E-state index contributed by atoms with van der Waals surface area (Å²) in [5.41, 5.74) is 0.916. The molecule has 120 valence electrons. The molecule has 0 spiro atoms. The summed E-state index contributed by atoms with van der Waals surface area (Å²) in [4.78, 5) is 22.4. The van der Waals surface area contributed by atoms with E-state index >= 15 is 0 Å². The molecule has 6 heteroatoms. The highest BCUT2D eigenvalue weighted by atomic mass is 16.1. The lowest BCUT2D eigenvalue weighted by Crippen LogP contribution is -2.43. The Morgan fingerprint density at radius 2 is 2.18 bits per heavy atom. The van der Waals surface area contributed by atoms with Crippen LogP contribution < -0.4 is 10.6 Å². The van der Waals surface area contributed by atoms with Crippen LogP contribution in [0.2, 0.25) is 0 Å². The molecule has 1 aliphatic heterocycles. The molecular formula is C16H25N5O. The SMILES string of the molecule is CN=C(NCCNC(=O)c1cccnc1)N1CCC(C)(C)C1. The summed E-state index contributed by atoms with van der Waals surface area (Å²) in [6.45, 7) is 7.77. The first-order valence-electron chi connectivity index (χ1n) is 7.66. The van der Waals surface area contributed by atoms with E-state index in [1.165, 1.54) is 6.42 Å². The number of pyridine rings is 1. The molecule has 1 aromatic rings. The van der Waals surface area contributed by atoms with Gasteiger partial charge in [-0.05, 0) is 24.0 Å². The number of likely N-dealkylation sites (tertiary alicyclic amines) is 1. The largest absolute Gasteiger partial charge is 0.354 e. The van der Waals surface area contributed by atoms with Gasteiger partial charge in [-0.1, -0.05) is 13.8 Å². The van der Waals surface area contributed by atoms with E-state index in [0.29, 0.717) is 24.1 Å². The number of aliphatic imine (C=N–C) groups is 1. The molecule has 1 fully saturated rings. The van der Waals surface area contributed by atoms with E-state index in [0.717, 1.165) is 19.0 Å². The molecule has 2 rings (SSSR count). The minimum absolute atomic E-state index is 0.104. The van der Waals surface area contributed by atoms with Gasteiger partial charge >= 0.3 is 0 Å². The lowest BCUT2D eigenvalue weighted by Gasteiger charge is -2.23. The van der Waals surface area contributed by atoms with Crippen LogP contribution in [0.5, 0.6) is 0 Å². The Kier molecular flexibility index (Phi) is 5.35. The Morgan fingerprint density at radius 1 is 1.41 bits per heavy atom. The van der Waals surface area contributed by atoms with Crippen molar-refractivity contribution < 1.29 is 4.79 Å². The molecule has 22 heavy (non-hydrogen) atoms. The first kappa shape index (κ1) is 16.3. The van der Waals surface area contributed by atoms with Crippen LogP contribution in [0.4, 0.5) is 0 Å². The van der Waals surface area contributed by atoms with Gasteiger partial charge in [0.15, 0.2) is 5.96 Å². The van der Waals surface area contributed by atoms with Crippen LogP contribution in [-0.4, -0.2) is 55.0 Å². The fraction of sp³-hybridized carbons (Fsp3) is 0.562. The smallest absolute Gasteiger partial charge is 0.252 e. The molecule has 2 N–H and O–H groups in total. The number of nitrogens with one attached hydrogen (secondary N) is 2. The molecule has 0 unspecified atom stereocenters. The zero-order valence-electron chi connectivity index (χ0n) is 13.6. The molecule has 0 radical (unpaired) electrons. The van der Waals surface area contributed by atoms with E-state index in [4.69, 9.17) is 0 Å². The van der Waals surface area contributed by atoms with Crippen molar-refractivity contribution in [3.8, 4) is 0 Å². The second kappa shape index (κ2) is 7.24. The Morgan fingerprint density at radius 3 is 2.77 bits per heavy atom. The van der Waals surface area contributed by atoms with E-state index in [9.17, 15) is 4.79 Å². The molecule has 6 nitrogen and oxygen atoms in total. The van der Waals surface area contributed by atoms with Gasteiger partial charge in [-0.3, -0.25) is 14.8 Å². The van der Waals surface area contributed by atoms with Crippen molar-refractivity contribution in [3.05, 3.63) is 30.1 Å². The summed E-state index contributed by atoms with van der Waals surface area (Å²) in [5.74, 6) is 0.799. The normalized spacial score (nSPS) is 17.4. The maximum atomic E-state index is 11.9. The molecule has 0 aliphatic carbocycles. The molecule has 0 bridgehead atoms. The molecule has 0 atom stereocenters. The third kappa shape index (κ3) is 4.44. The van der Waals surface area contributed by atoms with Crippen LogP contribution in [0.15, 0.2) is 29.5 Å². The number of amides is 1. The Bertz CT molecular complexity index is 527. The number of aromatic nitrogens is 1. The van der Waals surface area contributed by atoms with Crippen LogP contribution in [0, 0.1) is 5.41 Å². The van der Waals surface area contributed by atoms with Crippen molar-refractivity contribution in [2.24, 2.45) is 10.4 Å². The number of carbonyl (C=O) groups excluding carboxylic acids is 1. The summed E-state index contributed by atoms with van der Waals surface area (Å²) in [6, 6.07) is 3.51. The van der Waals surface area contributed by atoms with Gasteiger partial charge in [0.2, 0.25) is 0 Å². The Balaban J connectivity index is 1.73. The molecule has 0 aromatic carbocycles. The molecule has 1 aromatic heterocycles. The third-order valence-electron chi connectivity index (χ3n) is 3.81. The first-order valence-corrected chi connectivity index (χ1v) is 7.66. The van der Waals surface area contributed by atoms with E-state index in [1.54, 1.807) is 31.6 Å². The van der Waals surface area contributed by atoms with Crippen molar-refractivity contribution in [2.75, 3.05) is 33.2 Å². The summed E-state index contributed by atoms with van der Waals surface area (Å²) < 4.78 is 0. The maximum Gasteiger partial charge on any atom is 0.252 e. The second-order valence-corrected chi connectivity index (χ2v) is 6.31. The van der Waals surface area contributed by atoms with E-state index in [-0.39, 0.29) is 5.91 Å². The quantitative estimate of drug-likeness (QED) is 0.497. The summed E-state index contributed by atoms with van der Waals surface area (Å²) in [7, 11) is 1.79. The predicted octanol–water partition coefficient (Wildman–Crippen LogP) is 1.12. The number of guanidine groups is 1. The fourth-order valence-electron chi connectivity index (χ4n) is 2.57. The van der Waals surface area contributed by atoms with Crippen molar-refractivity contribution >= 4 is 11.9 Å². The maximum absolute atomic E-state index is 11.9.